The number of rotatable bonds is 4. The van der Waals surface area contributed by atoms with Gasteiger partial charge in [0.15, 0.2) is 0 Å². The fraction of sp³-hybridized carbons (Fsp3) is 0.400. The van der Waals surface area contributed by atoms with Crippen molar-refractivity contribution in [1.82, 2.24) is 0 Å². The van der Waals surface area contributed by atoms with E-state index < -0.39 is 10.9 Å². The zero-order chi connectivity index (χ0) is 15.2. The maximum Gasteiger partial charge on any atom is 0.328 e. The molecule has 0 bridgehead atoms. The van der Waals surface area contributed by atoms with E-state index in [0.29, 0.717) is 5.56 Å². The lowest BCUT2D eigenvalue weighted by atomic mass is 10.1. The van der Waals surface area contributed by atoms with Crippen molar-refractivity contribution < 1.29 is 14.8 Å². The van der Waals surface area contributed by atoms with Crippen LogP contribution in [0.3, 0.4) is 0 Å². The fourth-order valence-corrected chi connectivity index (χ4v) is 2.53. The van der Waals surface area contributed by atoms with Gasteiger partial charge in [0.05, 0.1) is 10.5 Å². The zero-order valence-electron chi connectivity index (χ0n) is 11.7. The predicted octanol–water partition coefficient (Wildman–Crippen LogP) is 3.07. The van der Waals surface area contributed by atoms with Crippen LogP contribution in [0, 0.1) is 10.1 Å². The second kappa shape index (κ2) is 6.88. The molecule has 0 unspecified atom stereocenters. The number of nitrogens with zero attached hydrogens (tertiary/aromatic N) is 2. The highest BCUT2D eigenvalue weighted by Crippen LogP contribution is 2.27. The lowest BCUT2D eigenvalue weighted by Crippen LogP contribution is -2.23. The van der Waals surface area contributed by atoms with Crippen molar-refractivity contribution in [3.05, 3.63) is 40.0 Å². The monoisotopic (exact) mass is 290 g/mol. The van der Waals surface area contributed by atoms with E-state index in [9.17, 15) is 14.9 Å². The minimum absolute atomic E-state index is 0.0777. The average Bonchev–Trinajstić information content (AvgIpc) is 2.73. The quantitative estimate of drug-likeness (QED) is 0.523. The van der Waals surface area contributed by atoms with E-state index in [0.717, 1.165) is 37.7 Å². The van der Waals surface area contributed by atoms with E-state index in [2.05, 4.69) is 4.90 Å². The van der Waals surface area contributed by atoms with Crippen LogP contribution in [-0.4, -0.2) is 29.1 Å². The topological polar surface area (TPSA) is 83.7 Å². The highest BCUT2D eigenvalue weighted by molar-refractivity contribution is 5.86. The Morgan fingerprint density at radius 3 is 2.48 bits per heavy atom. The molecule has 1 aromatic carbocycles. The molecule has 6 heteroatoms. The Morgan fingerprint density at radius 2 is 1.90 bits per heavy atom. The summed E-state index contributed by atoms with van der Waals surface area (Å²) in [6.07, 6.45) is 6.83. The lowest BCUT2D eigenvalue weighted by molar-refractivity contribution is -0.385. The molecule has 2 rings (SSSR count). The Balaban J connectivity index is 2.33. The van der Waals surface area contributed by atoms with Crippen molar-refractivity contribution in [2.75, 3.05) is 18.0 Å². The summed E-state index contributed by atoms with van der Waals surface area (Å²) in [5.74, 6) is -1.12. The summed E-state index contributed by atoms with van der Waals surface area (Å²) in [7, 11) is 0. The van der Waals surface area contributed by atoms with Gasteiger partial charge in [0.25, 0.3) is 5.69 Å². The third-order valence-corrected chi connectivity index (χ3v) is 3.58. The van der Waals surface area contributed by atoms with E-state index in [1.54, 1.807) is 12.1 Å². The van der Waals surface area contributed by atoms with Crippen LogP contribution in [0.15, 0.2) is 24.3 Å². The van der Waals surface area contributed by atoms with Crippen LogP contribution in [0.25, 0.3) is 6.08 Å². The van der Waals surface area contributed by atoms with Gasteiger partial charge in [-0.25, -0.2) is 4.79 Å². The van der Waals surface area contributed by atoms with Crippen molar-refractivity contribution in [1.29, 1.82) is 0 Å². The van der Waals surface area contributed by atoms with Gasteiger partial charge in [-0.2, -0.15) is 0 Å². The molecule has 1 fully saturated rings. The van der Waals surface area contributed by atoms with Crippen LogP contribution < -0.4 is 4.90 Å². The third-order valence-electron chi connectivity index (χ3n) is 3.58. The van der Waals surface area contributed by atoms with E-state index in [-0.39, 0.29) is 5.69 Å². The van der Waals surface area contributed by atoms with Crippen molar-refractivity contribution in [3.63, 3.8) is 0 Å². The molecule has 1 N–H and O–H groups in total. The van der Waals surface area contributed by atoms with Crippen LogP contribution in [-0.2, 0) is 4.79 Å². The molecule has 1 heterocycles. The molecule has 0 saturated carbocycles. The molecule has 0 atom stereocenters. The van der Waals surface area contributed by atoms with Crippen LogP contribution >= 0.6 is 0 Å². The van der Waals surface area contributed by atoms with E-state index in [1.807, 2.05) is 0 Å². The first-order valence-corrected chi connectivity index (χ1v) is 7.02. The van der Waals surface area contributed by atoms with Crippen LogP contribution in [0.2, 0.25) is 0 Å². The summed E-state index contributed by atoms with van der Waals surface area (Å²) in [5, 5.41) is 19.7. The number of nitro benzene ring substituents is 1. The molecule has 21 heavy (non-hydrogen) atoms. The number of carboxylic acid groups (broad SMARTS) is 1. The fourth-order valence-electron chi connectivity index (χ4n) is 2.53. The molecule has 1 saturated heterocycles. The molecule has 0 spiro atoms. The normalized spacial score (nSPS) is 15.9. The molecule has 1 aliphatic rings. The number of hydrogen-bond donors (Lipinski definition) is 1. The molecule has 6 nitrogen and oxygen atoms in total. The molecular formula is C15H18N2O4. The standard InChI is InChI=1S/C15H18N2O4/c18-15(19)8-5-12-11-13(6-7-14(12)17(20)21)16-9-3-1-2-4-10-16/h5-8,11H,1-4,9-10H2,(H,18,19)/b8-5+. The molecular weight excluding hydrogens is 272 g/mol. The highest BCUT2D eigenvalue weighted by atomic mass is 16.6. The molecule has 0 aliphatic carbocycles. The van der Waals surface area contributed by atoms with Gasteiger partial charge >= 0.3 is 5.97 Å². The van der Waals surface area contributed by atoms with Gasteiger partial charge in [-0.15, -0.1) is 0 Å². The van der Waals surface area contributed by atoms with Crippen LogP contribution in [0.1, 0.15) is 31.2 Å². The van der Waals surface area contributed by atoms with Gasteiger partial charge in [0, 0.05) is 30.9 Å². The minimum Gasteiger partial charge on any atom is -0.478 e. The smallest absolute Gasteiger partial charge is 0.328 e. The first-order chi connectivity index (χ1) is 10.1. The number of benzene rings is 1. The Bertz CT molecular complexity index is 561. The Kier molecular flexibility index (Phi) is 4.92. The molecule has 0 radical (unpaired) electrons. The van der Waals surface area contributed by atoms with Gasteiger partial charge in [0.1, 0.15) is 0 Å². The van der Waals surface area contributed by atoms with Crippen molar-refractivity contribution >= 4 is 23.4 Å². The van der Waals surface area contributed by atoms with Gasteiger partial charge in [0.2, 0.25) is 0 Å². The average molecular weight is 290 g/mol. The summed E-state index contributed by atoms with van der Waals surface area (Å²) >= 11 is 0. The van der Waals surface area contributed by atoms with Gasteiger partial charge in [-0.3, -0.25) is 10.1 Å². The van der Waals surface area contributed by atoms with Gasteiger partial charge in [-0.05, 0) is 31.1 Å². The van der Waals surface area contributed by atoms with Crippen LogP contribution in [0.5, 0.6) is 0 Å². The first kappa shape index (κ1) is 15.0. The number of carboxylic acids is 1. The Morgan fingerprint density at radius 1 is 1.24 bits per heavy atom. The molecule has 0 amide bonds. The summed E-state index contributed by atoms with van der Waals surface area (Å²) in [6.45, 7) is 1.86. The molecule has 112 valence electrons. The summed E-state index contributed by atoms with van der Waals surface area (Å²) in [6, 6.07) is 4.88. The maximum atomic E-state index is 11.0. The number of anilines is 1. The molecule has 0 aromatic heterocycles. The molecule has 1 aromatic rings. The Labute approximate surface area is 122 Å². The maximum absolute atomic E-state index is 11.0. The van der Waals surface area contributed by atoms with Gasteiger partial charge in [-0.1, -0.05) is 12.8 Å². The minimum atomic E-state index is -1.12. The zero-order valence-corrected chi connectivity index (χ0v) is 11.7. The van der Waals surface area contributed by atoms with Crippen molar-refractivity contribution in [3.8, 4) is 0 Å². The van der Waals surface area contributed by atoms with Gasteiger partial charge < -0.3 is 10.0 Å². The summed E-state index contributed by atoms with van der Waals surface area (Å²) in [5.41, 5.74) is 1.16. The van der Waals surface area contributed by atoms with Crippen molar-refractivity contribution in [2.45, 2.75) is 25.7 Å². The Hall–Kier alpha value is -2.37. The summed E-state index contributed by atoms with van der Waals surface area (Å²) in [4.78, 5) is 23.3. The second-order valence-electron chi connectivity index (χ2n) is 5.07. The number of aliphatic carboxylic acids is 1. The van der Waals surface area contributed by atoms with Crippen LogP contribution in [0.4, 0.5) is 11.4 Å². The van der Waals surface area contributed by atoms with E-state index >= 15 is 0 Å². The first-order valence-electron chi connectivity index (χ1n) is 7.02. The van der Waals surface area contributed by atoms with E-state index in [1.165, 1.54) is 25.0 Å². The number of hydrogen-bond acceptors (Lipinski definition) is 4. The number of carbonyl (C=O) groups is 1. The highest BCUT2D eigenvalue weighted by Gasteiger charge is 2.16. The predicted molar refractivity (Wildman–Crippen MR) is 80.4 cm³/mol. The lowest BCUT2D eigenvalue weighted by Gasteiger charge is -2.22. The SMILES string of the molecule is O=C(O)/C=C/c1cc(N2CCCCCC2)ccc1[N+](=O)[O-]. The molecule has 1 aliphatic heterocycles. The van der Waals surface area contributed by atoms with E-state index in [4.69, 9.17) is 5.11 Å². The largest absolute Gasteiger partial charge is 0.478 e. The summed E-state index contributed by atoms with van der Waals surface area (Å²) < 4.78 is 0. The van der Waals surface area contributed by atoms with Crippen molar-refractivity contribution in [2.24, 2.45) is 0 Å². The second-order valence-corrected chi connectivity index (χ2v) is 5.07. The third kappa shape index (κ3) is 4.05. The number of nitro groups is 1.